The van der Waals surface area contributed by atoms with Crippen molar-refractivity contribution in [2.75, 3.05) is 13.1 Å². The summed E-state index contributed by atoms with van der Waals surface area (Å²) in [4.78, 5) is 25.1. The number of likely N-dealkylation sites (tertiary alicyclic amines) is 1. The number of carbonyl (C=O) groups excluding carboxylic acids is 1. The van der Waals surface area contributed by atoms with E-state index in [4.69, 9.17) is 5.73 Å². The lowest BCUT2D eigenvalue weighted by Crippen LogP contribution is -2.42. The number of carboxylic acids is 1. The first kappa shape index (κ1) is 17.0. The van der Waals surface area contributed by atoms with Crippen LogP contribution in [0.15, 0.2) is 24.3 Å². The highest BCUT2D eigenvalue weighted by Gasteiger charge is 2.32. The fraction of sp³-hybridized carbons (Fsp3) is 0.579. The van der Waals surface area contributed by atoms with E-state index < -0.39 is 12.0 Å². The minimum absolute atomic E-state index is 0.125. The molecular formula is C19H26N2O3. The molecule has 5 nitrogen and oxygen atoms in total. The zero-order chi connectivity index (χ0) is 17.1. The van der Waals surface area contributed by atoms with Crippen molar-refractivity contribution in [3.8, 4) is 0 Å². The highest BCUT2D eigenvalue weighted by atomic mass is 16.4. The van der Waals surface area contributed by atoms with Gasteiger partial charge in [-0.2, -0.15) is 0 Å². The second kappa shape index (κ2) is 7.34. The number of carboxylic acid groups (broad SMARTS) is 1. The lowest BCUT2D eigenvalue weighted by molar-refractivity contribution is -0.144. The molecule has 1 saturated carbocycles. The van der Waals surface area contributed by atoms with Crippen LogP contribution in [0.3, 0.4) is 0 Å². The largest absolute Gasteiger partial charge is 0.480 e. The predicted molar refractivity (Wildman–Crippen MR) is 91.5 cm³/mol. The Hall–Kier alpha value is -1.88. The van der Waals surface area contributed by atoms with E-state index in [2.05, 4.69) is 12.1 Å². The van der Waals surface area contributed by atoms with Crippen molar-refractivity contribution in [3.05, 3.63) is 35.4 Å². The molecule has 1 aromatic rings. The minimum atomic E-state index is -0.832. The van der Waals surface area contributed by atoms with Gasteiger partial charge in [0.15, 0.2) is 0 Å². The van der Waals surface area contributed by atoms with Gasteiger partial charge in [-0.05, 0) is 42.7 Å². The molecule has 1 amide bonds. The maximum absolute atomic E-state index is 11.8. The Morgan fingerprint density at radius 3 is 2.12 bits per heavy atom. The van der Waals surface area contributed by atoms with E-state index in [0.717, 1.165) is 5.56 Å². The van der Waals surface area contributed by atoms with E-state index in [1.165, 1.54) is 31.2 Å². The monoisotopic (exact) mass is 330 g/mol. The van der Waals surface area contributed by atoms with Crippen LogP contribution in [0.2, 0.25) is 0 Å². The van der Waals surface area contributed by atoms with Crippen molar-refractivity contribution in [3.63, 3.8) is 0 Å². The van der Waals surface area contributed by atoms with Crippen molar-refractivity contribution in [2.45, 2.75) is 50.5 Å². The van der Waals surface area contributed by atoms with E-state index in [-0.39, 0.29) is 11.8 Å². The molecular weight excluding hydrogens is 304 g/mol. The summed E-state index contributed by atoms with van der Waals surface area (Å²) >= 11 is 0. The highest BCUT2D eigenvalue weighted by Crippen LogP contribution is 2.35. The Morgan fingerprint density at radius 1 is 1.04 bits per heavy atom. The van der Waals surface area contributed by atoms with Crippen molar-refractivity contribution in [1.29, 1.82) is 0 Å². The number of carbonyl (C=O) groups is 2. The van der Waals surface area contributed by atoms with Crippen LogP contribution in [-0.4, -0.2) is 35.0 Å². The number of amides is 1. The van der Waals surface area contributed by atoms with Crippen molar-refractivity contribution >= 4 is 11.9 Å². The van der Waals surface area contributed by atoms with Crippen LogP contribution >= 0.6 is 0 Å². The number of hydrogen-bond donors (Lipinski definition) is 2. The fourth-order valence-corrected chi connectivity index (χ4v) is 4.16. The topological polar surface area (TPSA) is 83.6 Å². The number of aliphatic carboxylic acids is 1. The quantitative estimate of drug-likeness (QED) is 0.869. The molecule has 0 aromatic heterocycles. The van der Waals surface area contributed by atoms with Crippen molar-refractivity contribution in [1.82, 2.24) is 4.90 Å². The standard InChI is InChI=1S/C19H26N2O3/c20-18(22)16-9-11-21(12-10-16)17(19(23)24)15-7-5-14(6-8-15)13-3-1-2-4-13/h5-8,13,16-17H,1-4,9-12H2,(H2,20,22)(H,23,24). The third kappa shape index (κ3) is 3.61. The normalized spacial score (nSPS) is 21.7. The van der Waals surface area contributed by atoms with Crippen LogP contribution in [0.1, 0.15) is 61.6 Å². The van der Waals surface area contributed by atoms with Crippen LogP contribution in [0, 0.1) is 5.92 Å². The molecule has 1 heterocycles. The SMILES string of the molecule is NC(=O)C1CCN(C(C(=O)O)c2ccc(C3CCCC3)cc2)CC1. The van der Waals surface area contributed by atoms with Crippen LogP contribution in [0.5, 0.6) is 0 Å². The lowest BCUT2D eigenvalue weighted by Gasteiger charge is -2.34. The summed E-state index contributed by atoms with van der Waals surface area (Å²) in [5.41, 5.74) is 7.51. The molecule has 1 saturated heterocycles. The number of primary amides is 1. The second-order valence-corrected chi connectivity index (χ2v) is 7.10. The molecule has 0 bridgehead atoms. The Kier molecular flexibility index (Phi) is 5.19. The smallest absolute Gasteiger partial charge is 0.325 e. The Balaban J connectivity index is 1.71. The summed E-state index contributed by atoms with van der Waals surface area (Å²) in [5, 5.41) is 9.70. The van der Waals surface area contributed by atoms with Crippen molar-refractivity contribution < 1.29 is 14.7 Å². The van der Waals surface area contributed by atoms with Gasteiger partial charge in [-0.25, -0.2) is 0 Å². The molecule has 0 spiro atoms. The van der Waals surface area contributed by atoms with E-state index in [1.807, 2.05) is 17.0 Å². The zero-order valence-electron chi connectivity index (χ0n) is 14.0. The lowest BCUT2D eigenvalue weighted by atomic mass is 9.92. The van der Waals surface area contributed by atoms with E-state index in [1.54, 1.807) is 0 Å². The second-order valence-electron chi connectivity index (χ2n) is 7.10. The maximum Gasteiger partial charge on any atom is 0.325 e. The third-order valence-corrected chi connectivity index (χ3v) is 5.61. The number of nitrogens with zero attached hydrogens (tertiary/aromatic N) is 1. The van der Waals surface area contributed by atoms with Crippen LogP contribution in [0.4, 0.5) is 0 Å². The Labute approximate surface area is 142 Å². The molecule has 2 fully saturated rings. The van der Waals surface area contributed by atoms with Gasteiger partial charge in [0.05, 0.1) is 0 Å². The molecule has 3 N–H and O–H groups in total. The van der Waals surface area contributed by atoms with Gasteiger partial charge in [0.2, 0.25) is 5.91 Å². The van der Waals surface area contributed by atoms with Gasteiger partial charge in [-0.15, -0.1) is 0 Å². The Morgan fingerprint density at radius 2 is 1.62 bits per heavy atom. The van der Waals surface area contributed by atoms with Crippen LogP contribution in [0.25, 0.3) is 0 Å². The molecule has 24 heavy (non-hydrogen) atoms. The molecule has 1 aliphatic carbocycles. The van der Waals surface area contributed by atoms with Gasteiger partial charge >= 0.3 is 5.97 Å². The summed E-state index contributed by atoms with van der Waals surface area (Å²) in [7, 11) is 0. The summed E-state index contributed by atoms with van der Waals surface area (Å²) in [6.07, 6.45) is 6.33. The van der Waals surface area contributed by atoms with Gasteiger partial charge in [-0.3, -0.25) is 14.5 Å². The molecule has 1 unspecified atom stereocenters. The predicted octanol–water partition coefficient (Wildman–Crippen LogP) is 2.67. The highest BCUT2D eigenvalue weighted by molar-refractivity contribution is 5.77. The van der Waals surface area contributed by atoms with Gasteiger partial charge in [0.1, 0.15) is 6.04 Å². The number of hydrogen-bond acceptors (Lipinski definition) is 3. The molecule has 1 atom stereocenters. The minimum Gasteiger partial charge on any atom is -0.480 e. The number of benzene rings is 1. The summed E-state index contributed by atoms with van der Waals surface area (Å²) in [6.45, 7) is 1.18. The average Bonchev–Trinajstić information content (AvgIpc) is 3.10. The van der Waals surface area contributed by atoms with Gasteiger partial charge < -0.3 is 10.8 Å². The molecule has 0 radical (unpaired) electrons. The van der Waals surface area contributed by atoms with E-state index >= 15 is 0 Å². The molecule has 1 aliphatic heterocycles. The van der Waals surface area contributed by atoms with Crippen LogP contribution in [-0.2, 0) is 9.59 Å². The zero-order valence-corrected chi connectivity index (χ0v) is 14.0. The van der Waals surface area contributed by atoms with Gasteiger partial charge in [0.25, 0.3) is 0 Å². The summed E-state index contributed by atoms with van der Waals surface area (Å²) in [6, 6.07) is 7.48. The molecule has 130 valence electrons. The summed E-state index contributed by atoms with van der Waals surface area (Å²) < 4.78 is 0. The van der Waals surface area contributed by atoms with Gasteiger partial charge in [-0.1, -0.05) is 37.1 Å². The molecule has 3 rings (SSSR count). The fourth-order valence-electron chi connectivity index (χ4n) is 4.16. The van der Waals surface area contributed by atoms with Crippen LogP contribution < -0.4 is 5.73 Å². The third-order valence-electron chi connectivity index (χ3n) is 5.61. The number of rotatable bonds is 5. The Bertz CT molecular complexity index is 585. The maximum atomic E-state index is 11.8. The molecule has 2 aliphatic rings. The average molecular weight is 330 g/mol. The first-order valence-corrected chi connectivity index (χ1v) is 8.92. The number of piperidine rings is 1. The molecule has 1 aromatic carbocycles. The first-order valence-electron chi connectivity index (χ1n) is 8.92. The van der Waals surface area contributed by atoms with Crippen molar-refractivity contribution in [2.24, 2.45) is 11.7 Å². The summed E-state index contributed by atoms with van der Waals surface area (Å²) in [5.74, 6) is -0.599. The van der Waals surface area contributed by atoms with Gasteiger partial charge in [0, 0.05) is 19.0 Å². The molecule has 5 heteroatoms. The van der Waals surface area contributed by atoms with E-state index in [0.29, 0.717) is 31.8 Å². The first-order chi connectivity index (χ1) is 11.6. The number of nitrogens with two attached hydrogens (primary N) is 1. The van der Waals surface area contributed by atoms with E-state index in [9.17, 15) is 14.7 Å².